The van der Waals surface area contributed by atoms with Crippen LogP contribution in [0.5, 0.6) is 0 Å². The Balaban J connectivity index is 1.44. The molecule has 0 unspecified atom stereocenters. The highest BCUT2D eigenvalue weighted by atomic mass is 32.2. The largest absolute Gasteiger partial charge is 0.339 e. The molecule has 0 radical (unpaired) electrons. The van der Waals surface area contributed by atoms with Crippen LogP contribution in [-0.2, 0) is 11.2 Å². The lowest BCUT2D eigenvalue weighted by atomic mass is 10.2. The Bertz CT molecular complexity index is 849. The smallest absolute Gasteiger partial charge is 0.226 e. The van der Waals surface area contributed by atoms with E-state index in [4.69, 9.17) is 4.52 Å². The van der Waals surface area contributed by atoms with Crippen molar-refractivity contribution in [3.05, 3.63) is 30.4 Å². The summed E-state index contributed by atoms with van der Waals surface area (Å²) in [6.45, 7) is 4.17. The summed E-state index contributed by atoms with van der Waals surface area (Å²) in [7, 11) is 0. The molecule has 1 amide bonds. The second-order valence-corrected chi connectivity index (χ2v) is 8.50. The Morgan fingerprint density at radius 2 is 2.27 bits per heavy atom. The van der Waals surface area contributed by atoms with Crippen molar-refractivity contribution >= 4 is 34.1 Å². The van der Waals surface area contributed by atoms with Gasteiger partial charge >= 0.3 is 0 Å². The zero-order valence-corrected chi connectivity index (χ0v) is 16.0. The zero-order valence-electron chi connectivity index (χ0n) is 14.4. The molecule has 3 aromatic heterocycles. The third-order valence-corrected chi connectivity index (χ3v) is 5.10. The monoisotopic (exact) mass is 390 g/mol. The number of anilines is 1. The molecule has 0 aliphatic carbocycles. The first-order chi connectivity index (χ1) is 12.6. The number of carbonyl (C=O) groups is 1. The number of hydrogen-bond donors (Lipinski definition) is 1. The zero-order chi connectivity index (χ0) is 18.4. The first-order valence-corrected chi connectivity index (χ1v) is 9.83. The Labute approximate surface area is 158 Å². The summed E-state index contributed by atoms with van der Waals surface area (Å²) in [5.74, 6) is 0.902. The maximum absolute atomic E-state index is 12.0. The highest BCUT2D eigenvalue weighted by Crippen LogP contribution is 2.28. The minimum Gasteiger partial charge on any atom is -0.339 e. The Hall–Kier alpha value is -2.33. The van der Waals surface area contributed by atoms with Crippen LogP contribution in [0.4, 0.5) is 5.13 Å². The van der Waals surface area contributed by atoms with Crippen LogP contribution < -0.4 is 5.32 Å². The number of carbonyl (C=O) groups excluding carboxylic acids is 1. The van der Waals surface area contributed by atoms with Crippen molar-refractivity contribution in [2.75, 3.05) is 5.32 Å². The van der Waals surface area contributed by atoms with Gasteiger partial charge in [-0.05, 0) is 18.6 Å². The summed E-state index contributed by atoms with van der Waals surface area (Å²) in [4.78, 5) is 20.4. The van der Waals surface area contributed by atoms with Gasteiger partial charge in [0.25, 0.3) is 0 Å². The Morgan fingerprint density at radius 1 is 1.38 bits per heavy atom. The Morgan fingerprint density at radius 3 is 3.04 bits per heavy atom. The predicted molar refractivity (Wildman–Crippen MR) is 100.0 cm³/mol. The van der Waals surface area contributed by atoms with E-state index in [1.54, 1.807) is 24.2 Å². The minimum absolute atomic E-state index is 0.103. The number of nitrogens with one attached hydrogen (secondary N) is 1. The lowest BCUT2D eigenvalue weighted by Gasteiger charge is -1.99. The molecule has 0 spiro atoms. The number of rotatable bonds is 8. The molecule has 0 fully saturated rings. The summed E-state index contributed by atoms with van der Waals surface area (Å²) >= 11 is 3.01. The molecule has 10 heteroatoms. The summed E-state index contributed by atoms with van der Waals surface area (Å²) in [5, 5.41) is 15.7. The second-order valence-electron chi connectivity index (χ2n) is 5.69. The fraction of sp³-hybridized carbons (Fsp3) is 0.375. The van der Waals surface area contributed by atoms with Crippen LogP contribution >= 0.6 is 23.1 Å². The van der Waals surface area contributed by atoms with E-state index in [2.05, 4.69) is 44.5 Å². The maximum atomic E-state index is 12.0. The van der Waals surface area contributed by atoms with Crippen molar-refractivity contribution < 1.29 is 9.32 Å². The van der Waals surface area contributed by atoms with Crippen LogP contribution in [0.2, 0.25) is 0 Å². The fourth-order valence-corrected chi connectivity index (χ4v) is 4.05. The first kappa shape index (κ1) is 18.5. The van der Waals surface area contributed by atoms with Crippen molar-refractivity contribution in [2.24, 2.45) is 0 Å². The molecule has 0 aliphatic rings. The van der Waals surface area contributed by atoms with E-state index in [1.807, 2.05) is 12.1 Å². The van der Waals surface area contributed by atoms with Crippen molar-refractivity contribution in [3.8, 4) is 11.4 Å². The molecule has 26 heavy (non-hydrogen) atoms. The van der Waals surface area contributed by atoms with E-state index in [9.17, 15) is 4.79 Å². The highest BCUT2D eigenvalue weighted by Gasteiger charge is 2.12. The molecule has 1 N–H and O–H groups in total. The molecule has 0 saturated carbocycles. The van der Waals surface area contributed by atoms with Gasteiger partial charge in [-0.15, -0.1) is 10.2 Å². The molecule has 0 aromatic carbocycles. The van der Waals surface area contributed by atoms with Crippen LogP contribution in [0.15, 0.2) is 33.4 Å². The number of aryl methyl sites for hydroxylation is 1. The number of hydrogen-bond acceptors (Lipinski definition) is 9. The molecular formula is C16H18N6O2S2. The summed E-state index contributed by atoms with van der Waals surface area (Å²) in [6, 6.07) is 3.68. The first-order valence-electron chi connectivity index (χ1n) is 8.13. The van der Waals surface area contributed by atoms with Gasteiger partial charge in [-0.25, -0.2) is 0 Å². The summed E-state index contributed by atoms with van der Waals surface area (Å²) in [6.07, 6.45) is 4.84. The highest BCUT2D eigenvalue weighted by molar-refractivity contribution is 8.01. The van der Waals surface area contributed by atoms with Crippen LogP contribution in [0, 0.1) is 0 Å². The molecule has 0 saturated heterocycles. The van der Waals surface area contributed by atoms with Crippen LogP contribution in [-0.4, -0.2) is 36.5 Å². The Kier molecular flexibility index (Phi) is 6.29. The van der Waals surface area contributed by atoms with E-state index < -0.39 is 0 Å². The predicted octanol–water partition coefficient (Wildman–Crippen LogP) is 3.45. The van der Waals surface area contributed by atoms with Crippen molar-refractivity contribution in [1.29, 1.82) is 0 Å². The molecule has 3 rings (SSSR count). The third kappa shape index (κ3) is 5.33. The molecule has 0 bridgehead atoms. The van der Waals surface area contributed by atoms with Gasteiger partial charge in [0.1, 0.15) is 0 Å². The van der Waals surface area contributed by atoms with E-state index in [1.165, 1.54) is 11.3 Å². The number of amides is 1. The topological polar surface area (TPSA) is 107 Å². The van der Waals surface area contributed by atoms with Gasteiger partial charge in [-0.3, -0.25) is 9.78 Å². The molecule has 0 aliphatic heterocycles. The molecule has 0 atom stereocenters. The molecular weight excluding hydrogens is 372 g/mol. The van der Waals surface area contributed by atoms with Crippen molar-refractivity contribution in [1.82, 2.24) is 25.3 Å². The number of pyridine rings is 1. The lowest BCUT2D eigenvalue weighted by Crippen LogP contribution is -2.11. The van der Waals surface area contributed by atoms with Gasteiger partial charge in [0.15, 0.2) is 4.34 Å². The van der Waals surface area contributed by atoms with Gasteiger partial charge in [0, 0.05) is 36.0 Å². The van der Waals surface area contributed by atoms with Gasteiger partial charge in [0.2, 0.25) is 22.8 Å². The van der Waals surface area contributed by atoms with E-state index in [0.29, 0.717) is 41.4 Å². The van der Waals surface area contributed by atoms with E-state index in [0.717, 1.165) is 9.90 Å². The lowest BCUT2D eigenvalue weighted by molar-refractivity contribution is -0.116. The molecule has 136 valence electrons. The van der Waals surface area contributed by atoms with Gasteiger partial charge in [-0.1, -0.05) is 42.1 Å². The van der Waals surface area contributed by atoms with Crippen molar-refractivity contribution in [2.45, 2.75) is 42.7 Å². The van der Waals surface area contributed by atoms with Gasteiger partial charge in [-0.2, -0.15) is 4.98 Å². The number of aromatic nitrogens is 5. The molecule has 3 heterocycles. The van der Waals surface area contributed by atoms with Crippen LogP contribution in [0.25, 0.3) is 11.4 Å². The van der Waals surface area contributed by atoms with E-state index >= 15 is 0 Å². The SMILES string of the molecule is CC(C)Sc1nnc(NC(=O)CCCc2nc(-c3cccnc3)no2)s1. The normalized spacial score (nSPS) is 11.0. The third-order valence-electron chi connectivity index (χ3n) is 3.17. The standard InChI is InChI=1S/C16H18N6O2S2/c1-10(2)25-16-21-20-15(26-16)18-12(23)6-3-7-13-19-14(22-24-13)11-5-4-8-17-9-11/h4-5,8-10H,3,6-7H2,1-2H3,(H,18,20,23). The maximum Gasteiger partial charge on any atom is 0.226 e. The molecule has 8 nitrogen and oxygen atoms in total. The quantitative estimate of drug-likeness (QED) is 0.460. The molecule has 3 aromatic rings. The number of thioether (sulfide) groups is 1. The average molecular weight is 390 g/mol. The minimum atomic E-state index is -0.103. The second kappa shape index (κ2) is 8.86. The van der Waals surface area contributed by atoms with Gasteiger partial charge < -0.3 is 9.84 Å². The fourth-order valence-electron chi connectivity index (χ4n) is 2.06. The number of nitrogens with zero attached hydrogens (tertiary/aromatic N) is 5. The average Bonchev–Trinajstić information content (AvgIpc) is 3.25. The van der Waals surface area contributed by atoms with Crippen LogP contribution in [0.1, 0.15) is 32.6 Å². The summed E-state index contributed by atoms with van der Waals surface area (Å²) < 4.78 is 6.07. The summed E-state index contributed by atoms with van der Waals surface area (Å²) in [5.41, 5.74) is 0.798. The van der Waals surface area contributed by atoms with Crippen LogP contribution in [0.3, 0.4) is 0 Å². The van der Waals surface area contributed by atoms with Crippen molar-refractivity contribution in [3.63, 3.8) is 0 Å². The van der Waals surface area contributed by atoms with Gasteiger partial charge in [0.05, 0.1) is 0 Å². The van der Waals surface area contributed by atoms with E-state index in [-0.39, 0.29) is 5.91 Å².